The van der Waals surface area contributed by atoms with Gasteiger partial charge in [0.25, 0.3) is 0 Å². The quantitative estimate of drug-likeness (QED) is 0.0282. The van der Waals surface area contributed by atoms with Crippen molar-refractivity contribution in [2.45, 2.75) is 212 Å². The van der Waals surface area contributed by atoms with E-state index < -0.39 is 18.1 Å². The molecular formula is C52H92NO7+. The molecule has 0 fully saturated rings. The monoisotopic (exact) mass is 843 g/mol. The van der Waals surface area contributed by atoms with Crippen LogP contribution in [0.25, 0.3) is 0 Å². The fourth-order valence-corrected chi connectivity index (χ4v) is 6.90. The molecule has 0 radical (unpaired) electrons. The second kappa shape index (κ2) is 42.7. The summed E-state index contributed by atoms with van der Waals surface area (Å²) in [5, 5.41) is 9.64. The van der Waals surface area contributed by atoms with Crippen LogP contribution >= 0.6 is 0 Å². The summed E-state index contributed by atoms with van der Waals surface area (Å²) in [7, 11) is 5.52. The Kier molecular flexibility index (Phi) is 40.6. The molecule has 8 nitrogen and oxygen atoms in total. The zero-order valence-corrected chi connectivity index (χ0v) is 39.4. The molecule has 0 rings (SSSR count). The highest BCUT2D eigenvalue weighted by Crippen LogP contribution is 2.14. The second-order valence-corrected chi connectivity index (χ2v) is 17.3. The van der Waals surface area contributed by atoms with Crippen molar-refractivity contribution >= 4 is 17.9 Å². The summed E-state index contributed by atoms with van der Waals surface area (Å²) < 4.78 is 17.3. The number of quaternary nitrogens is 1. The van der Waals surface area contributed by atoms with Crippen LogP contribution in [0.2, 0.25) is 0 Å². The number of rotatable bonds is 43. The fourth-order valence-electron chi connectivity index (χ4n) is 6.90. The smallest absolute Gasteiger partial charge is 0.362 e. The lowest BCUT2D eigenvalue weighted by Gasteiger charge is -2.31. The van der Waals surface area contributed by atoms with Gasteiger partial charge < -0.3 is 23.8 Å². The number of ether oxygens (including phenoxy) is 3. The van der Waals surface area contributed by atoms with E-state index in [0.29, 0.717) is 19.3 Å². The SMILES string of the molecule is CC/C=C\C/C=C\C/C=C\C/C=C\CCCCCCC(=O)OC(COCCC(C(=O)O)[N+](C)(C)C)COC(=O)CCCCCCCCCCC/C=C\CCCCCCCC. The first-order chi connectivity index (χ1) is 29.1. The Morgan fingerprint density at radius 3 is 1.40 bits per heavy atom. The summed E-state index contributed by atoms with van der Waals surface area (Å²) >= 11 is 0. The number of carbonyl (C=O) groups excluding carboxylic acids is 2. The van der Waals surface area contributed by atoms with E-state index in [9.17, 15) is 19.5 Å². The van der Waals surface area contributed by atoms with Crippen LogP contribution in [0.5, 0.6) is 0 Å². The fraction of sp³-hybridized carbons (Fsp3) is 0.750. The third-order valence-corrected chi connectivity index (χ3v) is 10.7. The zero-order chi connectivity index (χ0) is 44.2. The minimum absolute atomic E-state index is 0.0489. The molecule has 346 valence electrons. The topological polar surface area (TPSA) is 99.1 Å². The van der Waals surface area contributed by atoms with Crippen LogP contribution in [0.15, 0.2) is 60.8 Å². The Labute approximate surface area is 368 Å². The van der Waals surface area contributed by atoms with Crippen LogP contribution in [-0.4, -0.2) is 80.6 Å². The summed E-state index contributed by atoms with van der Waals surface area (Å²) in [5.41, 5.74) is 0. The molecule has 0 aliphatic heterocycles. The Bertz CT molecular complexity index is 1170. The van der Waals surface area contributed by atoms with Gasteiger partial charge in [0, 0.05) is 19.3 Å². The molecule has 60 heavy (non-hydrogen) atoms. The molecule has 0 aromatic rings. The van der Waals surface area contributed by atoms with E-state index in [-0.39, 0.29) is 36.2 Å². The molecule has 0 amide bonds. The molecule has 0 aromatic heterocycles. The number of hydrogen-bond donors (Lipinski definition) is 1. The molecule has 0 bridgehead atoms. The average Bonchev–Trinajstić information content (AvgIpc) is 3.21. The van der Waals surface area contributed by atoms with Crippen LogP contribution in [0.1, 0.15) is 200 Å². The Balaban J connectivity index is 4.32. The Hall–Kier alpha value is -2.97. The van der Waals surface area contributed by atoms with E-state index in [1.807, 2.05) is 21.1 Å². The number of carboxylic acid groups (broad SMARTS) is 1. The van der Waals surface area contributed by atoms with Crippen molar-refractivity contribution in [3.8, 4) is 0 Å². The predicted octanol–water partition coefficient (Wildman–Crippen LogP) is 13.8. The van der Waals surface area contributed by atoms with Gasteiger partial charge in [0.05, 0.1) is 34.4 Å². The van der Waals surface area contributed by atoms with Gasteiger partial charge in [0.15, 0.2) is 12.1 Å². The molecule has 1 N–H and O–H groups in total. The Morgan fingerprint density at radius 2 is 0.933 bits per heavy atom. The molecule has 0 aliphatic rings. The van der Waals surface area contributed by atoms with E-state index in [1.54, 1.807) is 0 Å². The number of allylic oxidation sites excluding steroid dienone is 10. The summed E-state index contributed by atoms with van der Waals surface area (Å²) in [6.45, 7) is 4.60. The van der Waals surface area contributed by atoms with Crippen molar-refractivity contribution in [2.75, 3.05) is 41.0 Å². The van der Waals surface area contributed by atoms with Crippen molar-refractivity contribution < 1.29 is 38.2 Å². The van der Waals surface area contributed by atoms with Gasteiger partial charge in [-0.3, -0.25) is 9.59 Å². The van der Waals surface area contributed by atoms with Crippen LogP contribution < -0.4 is 0 Å². The van der Waals surface area contributed by atoms with Crippen molar-refractivity contribution in [2.24, 2.45) is 0 Å². The van der Waals surface area contributed by atoms with E-state index in [1.165, 1.54) is 89.9 Å². The number of unbranched alkanes of at least 4 members (excludes halogenated alkanes) is 19. The van der Waals surface area contributed by atoms with Gasteiger partial charge >= 0.3 is 17.9 Å². The Morgan fingerprint density at radius 1 is 0.517 bits per heavy atom. The number of hydrogen-bond acceptors (Lipinski definition) is 6. The summed E-state index contributed by atoms with van der Waals surface area (Å²) in [4.78, 5) is 37.1. The lowest BCUT2D eigenvalue weighted by Crippen LogP contribution is -2.50. The highest BCUT2D eigenvalue weighted by molar-refractivity contribution is 5.72. The number of nitrogens with zero attached hydrogens (tertiary/aromatic N) is 1. The third kappa shape index (κ3) is 40.4. The highest BCUT2D eigenvalue weighted by atomic mass is 16.6. The summed E-state index contributed by atoms with van der Waals surface area (Å²) in [6, 6.07) is -0.622. The first-order valence-electron chi connectivity index (χ1n) is 24.3. The first-order valence-corrected chi connectivity index (χ1v) is 24.3. The molecule has 2 unspecified atom stereocenters. The standard InChI is InChI=1S/C52H91NO7/c1-6-8-10-12-14-16-18-20-22-24-25-27-28-30-32-34-36-38-40-42-50(54)59-47-48(46-58-45-44-49(52(56)57)53(3,4)5)60-51(55)43-41-39-37-35-33-31-29-26-23-21-19-17-15-13-11-9-7-2/h9,11,15,17,20-23,29,31,48-49H,6-8,10,12-14,16,18-19,24-28,30,32-47H2,1-5H3/p+1/b11-9-,17-15-,22-20-,23-21-,31-29-. The molecule has 0 aromatic carbocycles. The lowest BCUT2D eigenvalue weighted by atomic mass is 10.1. The number of aliphatic carboxylic acids is 1. The van der Waals surface area contributed by atoms with Crippen LogP contribution in [-0.2, 0) is 28.6 Å². The van der Waals surface area contributed by atoms with E-state index >= 15 is 0 Å². The maximum absolute atomic E-state index is 12.8. The molecule has 0 aliphatic carbocycles. The molecule has 8 heteroatoms. The van der Waals surface area contributed by atoms with Gasteiger partial charge in [-0.1, -0.05) is 164 Å². The van der Waals surface area contributed by atoms with Crippen LogP contribution in [0.3, 0.4) is 0 Å². The highest BCUT2D eigenvalue weighted by Gasteiger charge is 2.31. The van der Waals surface area contributed by atoms with Crippen molar-refractivity contribution in [3.63, 3.8) is 0 Å². The van der Waals surface area contributed by atoms with Gasteiger partial charge in [0.2, 0.25) is 0 Å². The summed E-state index contributed by atoms with van der Waals surface area (Å²) in [5.74, 6) is -1.50. The normalized spacial score (nSPS) is 13.4. The largest absolute Gasteiger partial charge is 0.477 e. The van der Waals surface area contributed by atoms with Crippen molar-refractivity contribution in [3.05, 3.63) is 60.8 Å². The van der Waals surface area contributed by atoms with Gasteiger partial charge in [-0.2, -0.15) is 0 Å². The van der Waals surface area contributed by atoms with E-state index in [4.69, 9.17) is 14.2 Å². The molecule has 0 saturated carbocycles. The second-order valence-electron chi connectivity index (χ2n) is 17.3. The average molecular weight is 843 g/mol. The number of likely N-dealkylation sites (N-methyl/N-ethyl adjacent to an activating group) is 1. The first kappa shape index (κ1) is 57.0. The third-order valence-electron chi connectivity index (χ3n) is 10.7. The van der Waals surface area contributed by atoms with Crippen LogP contribution in [0, 0.1) is 0 Å². The molecular weight excluding hydrogens is 751 g/mol. The van der Waals surface area contributed by atoms with Crippen LogP contribution in [0.4, 0.5) is 0 Å². The lowest BCUT2D eigenvalue weighted by molar-refractivity contribution is -0.887. The summed E-state index contributed by atoms with van der Waals surface area (Å²) in [6.07, 6.45) is 52.6. The van der Waals surface area contributed by atoms with Gasteiger partial charge in [-0.15, -0.1) is 0 Å². The van der Waals surface area contributed by atoms with Crippen molar-refractivity contribution in [1.82, 2.24) is 0 Å². The van der Waals surface area contributed by atoms with Gasteiger partial charge in [-0.05, 0) is 77.0 Å². The maximum atomic E-state index is 12.8. The minimum Gasteiger partial charge on any atom is -0.477 e. The number of carboxylic acids is 1. The molecule has 2 atom stereocenters. The van der Waals surface area contributed by atoms with E-state index in [0.717, 1.165) is 77.0 Å². The molecule has 0 heterocycles. The predicted molar refractivity (Wildman–Crippen MR) is 252 cm³/mol. The minimum atomic E-state index is -0.880. The van der Waals surface area contributed by atoms with E-state index in [2.05, 4.69) is 74.6 Å². The van der Waals surface area contributed by atoms with Gasteiger partial charge in [-0.25, -0.2) is 4.79 Å². The zero-order valence-electron chi connectivity index (χ0n) is 39.4. The molecule has 0 spiro atoms. The number of carbonyl (C=O) groups is 3. The van der Waals surface area contributed by atoms with Crippen molar-refractivity contribution in [1.29, 1.82) is 0 Å². The molecule has 0 saturated heterocycles. The van der Waals surface area contributed by atoms with Gasteiger partial charge in [0.1, 0.15) is 6.61 Å². The maximum Gasteiger partial charge on any atom is 0.362 e. The number of esters is 2.